The molecule has 2 rings (SSSR count). The molecule has 0 aromatic heterocycles. The van der Waals surface area contributed by atoms with Gasteiger partial charge in [0.15, 0.2) is 0 Å². The molecule has 100 valence electrons. The fourth-order valence-corrected chi connectivity index (χ4v) is 1.98. The van der Waals surface area contributed by atoms with Crippen LogP contribution in [0, 0.1) is 11.8 Å². The van der Waals surface area contributed by atoms with Crippen LogP contribution in [0.4, 0.5) is 10.5 Å². The Hall–Kier alpha value is -1.99. The Morgan fingerprint density at radius 1 is 1.26 bits per heavy atom. The number of hydrogen-bond donors (Lipinski definition) is 2. The molecule has 0 aliphatic carbocycles. The lowest BCUT2D eigenvalue weighted by Gasteiger charge is -2.16. The van der Waals surface area contributed by atoms with E-state index >= 15 is 0 Å². The average Bonchev–Trinajstić information content (AvgIpc) is 2.95. The second-order valence-electron chi connectivity index (χ2n) is 4.48. The van der Waals surface area contributed by atoms with Gasteiger partial charge in [0.1, 0.15) is 0 Å². The van der Waals surface area contributed by atoms with E-state index in [1.54, 1.807) is 0 Å². The zero-order chi connectivity index (χ0) is 13.5. The van der Waals surface area contributed by atoms with Gasteiger partial charge in [0.05, 0.1) is 6.61 Å². The summed E-state index contributed by atoms with van der Waals surface area (Å²) >= 11 is 0. The zero-order valence-corrected chi connectivity index (χ0v) is 10.9. The van der Waals surface area contributed by atoms with Crippen LogP contribution in [0.1, 0.15) is 24.8 Å². The average molecular weight is 258 g/mol. The molecule has 1 aromatic carbocycles. The predicted molar refractivity (Wildman–Crippen MR) is 74.8 cm³/mol. The second kappa shape index (κ2) is 6.81. The number of likely N-dealkylation sites (tertiary alicyclic amines) is 1. The third-order valence-electron chi connectivity index (χ3n) is 3.00. The Morgan fingerprint density at radius 3 is 2.58 bits per heavy atom. The van der Waals surface area contributed by atoms with Crippen molar-refractivity contribution in [1.82, 2.24) is 4.90 Å². The fourth-order valence-electron chi connectivity index (χ4n) is 1.98. The van der Waals surface area contributed by atoms with Crippen LogP contribution < -0.4 is 5.32 Å². The van der Waals surface area contributed by atoms with Crippen molar-refractivity contribution in [3.63, 3.8) is 0 Å². The Bertz CT molecular complexity index is 479. The Labute approximate surface area is 113 Å². The summed E-state index contributed by atoms with van der Waals surface area (Å²) < 4.78 is 0. The lowest BCUT2D eigenvalue weighted by molar-refractivity contribution is 0.222. The highest BCUT2D eigenvalue weighted by Crippen LogP contribution is 2.13. The van der Waals surface area contributed by atoms with Gasteiger partial charge in [0.25, 0.3) is 0 Å². The molecule has 0 unspecified atom stereocenters. The van der Waals surface area contributed by atoms with Gasteiger partial charge < -0.3 is 15.3 Å². The van der Waals surface area contributed by atoms with Gasteiger partial charge in [-0.3, -0.25) is 0 Å². The van der Waals surface area contributed by atoms with E-state index in [0.717, 1.165) is 37.2 Å². The van der Waals surface area contributed by atoms with Crippen LogP contribution in [0.2, 0.25) is 0 Å². The van der Waals surface area contributed by atoms with Gasteiger partial charge in [-0.15, -0.1) is 0 Å². The number of benzene rings is 1. The highest BCUT2D eigenvalue weighted by Gasteiger charge is 2.17. The maximum Gasteiger partial charge on any atom is 0.321 e. The van der Waals surface area contributed by atoms with Crippen LogP contribution in [-0.4, -0.2) is 35.7 Å². The minimum absolute atomic E-state index is 0.0309. The van der Waals surface area contributed by atoms with Gasteiger partial charge in [-0.2, -0.15) is 0 Å². The topological polar surface area (TPSA) is 52.6 Å². The summed E-state index contributed by atoms with van der Waals surface area (Å²) in [7, 11) is 0. The van der Waals surface area contributed by atoms with Crippen LogP contribution in [0.3, 0.4) is 0 Å². The first-order valence-corrected chi connectivity index (χ1v) is 6.55. The van der Waals surface area contributed by atoms with E-state index in [1.165, 1.54) is 0 Å². The van der Waals surface area contributed by atoms with Crippen molar-refractivity contribution in [2.24, 2.45) is 0 Å². The number of rotatable bonds is 2. The molecule has 1 saturated heterocycles. The molecule has 1 aliphatic rings. The largest absolute Gasteiger partial charge is 0.395 e. The van der Waals surface area contributed by atoms with Gasteiger partial charge in [-0.1, -0.05) is 11.8 Å². The van der Waals surface area contributed by atoms with E-state index in [9.17, 15) is 4.79 Å². The van der Waals surface area contributed by atoms with Gasteiger partial charge in [-0.25, -0.2) is 4.79 Å². The SMILES string of the molecule is O=C(Nc1ccc(C#CCCO)cc1)N1CCCC1. The molecule has 19 heavy (non-hydrogen) atoms. The van der Waals surface area contributed by atoms with E-state index in [1.807, 2.05) is 29.2 Å². The number of urea groups is 1. The molecular weight excluding hydrogens is 240 g/mol. The summed E-state index contributed by atoms with van der Waals surface area (Å²) in [6, 6.07) is 7.39. The molecule has 1 fully saturated rings. The number of amides is 2. The van der Waals surface area contributed by atoms with Crippen molar-refractivity contribution in [3.05, 3.63) is 29.8 Å². The highest BCUT2D eigenvalue weighted by molar-refractivity contribution is 5.89. The Morgan fingerprint density at radius 2 is 1.95 bits per heavy atom. The standard InChI is InChI=1S/C15H18N2O2/c18-12-4-1-5-13-6-8-14(9-7-13)16-15(19)17-10-2-3-11-17/h6-9,18H,2-4,10-12H2,(H,16,19). The minimum Gasteiger partial charge on any atom is -0.395 e. The lowest BCUT2D eigenvalue weighted by atomic mass is 10.2. The van der Waals surface area contributed by atoms with E-state index in [2.05, 4.69) is 17.2 Å². The van der Waals surface area contributed by atoms with Gasteiger partial charge >= 0.3 is 6.03 Å². The molecule has 0 spiro atoms. The molecule has 1 heterocycles. The number of anilines is 1. The summed E-state index contributed by atoms with van der Waals surface area (Å²) in [5.41, 5.74) is 1.66. The first-order chi connectivity index (χ1) is 9.29. The van der Waals surface area contributed by atoms with Crippen LogP contribution >= 0.6 is 0 Å². The van der Waals surface area contributed by atoms with Crippen LogP contribution in [0.15, 0.2) is 24.3 Å². The zero-order valence-electron chi connectivity index (χ0n) is 10.9. The Kier molecular flexibility index (Phi) is 4.82. The van der Waals surface area contributed by atoms with Gasteiger partial charge in [-0.05, 0) is 37.1 Å². The molecule has 1 aromatic rings. The molecule has 2 amide bonds. The summed E-state index contributed by atoms with van der Waals surface area (Å²) in [4.78, 5) is 13.7. The van der Waals surface area contributed by atoms with E-state index in [0.29, 0.717) is 6.42 Å². The van der Waals surface area contributed by atoms with Crippen molar-refractivity contribution in [3.8, 4) is 11.8 Å². The molecule has 0 atom stereocenters. The van der Waals surface area contributed by atoms with Crippen molar-refractivity contribution in [1.29, 1.82) is 0 Å². The quantitative estimate of drug-likeness (QED) is 0.798. The third-order valence-corrected chi connectivity index (χ3v) is 3.00. The third kappa shape index (κ3) is 4.01. The molecule has 0 saturated carbocycles. The predicted octanol–water partition coefficient (Wildman–Crippen LogP) is 2.05. The summed E-state index contributed by atoms with van der Waals surface area (Å²) in [5, 5.41) is 11.5. The maximum absolute atomic E-state index is 11.9. The molecule has 0 bridgehead atoms. The lowest BCUT2D eigenvalue weighted by Crippen LogP contribution is -2.32. The first kappa shape index (κ1) is 13.4. The van der Waals surface area contributed by atoms with Gasteiger partial charge in [0, 0.05) is 30.8 Å². The molecule has 1 aliphatic heterocycles. The number of aliphatic hydroxyl groups is 1. The van der Waals surface area contributed by atoms with E-state index in [4.69, 9.17) is 5.11 Å². The number of nitrogens with zero attached hydrogens (tertiary/aromatic N) is 1. The number of nitrogens with one attached hydrogen (secondary N) is 1. The molecule has 0 radical (unpaired) electrons. The van der Waals surface area contributed by atoms with Gasteiger partial charge in [0.2, 0.25) is 0 Å². The summed E-state index contributed by atoms with van der Waals surface area (Å²) in [6.07, 6.45) is 2.66. The van der Waals surface area contributed by atoms with Crippen LogP contribution in [-0.2, 0) is 0 Å². The van der Waals surface area contributed by atoms with Crippen molar-refractivity contribution >= 4 is 11.7 Å². The number of hydrogen-bond acceptors (Lipinski definition) is 2. The Balaban J connectivity index is 1.91. The maximum atomic E-state index is 11.9. The smallest absolute Gasteiger partial charge is 0.321 e. The van der Waals surface area contributed by atoms with Crippen LogP contribution in [0.25, 0.3) is 0 Å². The molecule has 2 N–H and O–H groups in total. The monoisotopic (exact) mass is 258 g/mol. The molecule has 4 heteroatoms. The second-order valence-corrected chi connectivity index (χ2v) is 4.48. The van der Waals surface area contributed by atoms with Crippen molar-refractivity contribution in [2.75, 3.05) is 25.0 Å². The molecule has 4 nitrogen and oxygen atoms in total. The number of carbonyl (C=O) groups excluding carboxylic acids is 1. The minimum atomic E-state index is -0.0309. The molecular formula is C15H18N2O2. The normalized spacial score (nSPS) is 13.8. The van der Waals surface area contributed by atoms with Crippen molar-refractivity contribution in [2.45, 2.75) is 19.3 Å². The van der Waals surface area contributed by atoms with E-state index in [-0.39, 0.29) is 12.6 Å². The highest BCUT2D eigenvalue weighted by atomic mass is 16.2. The number of aliphatic hydroxyl groups excluding tert-OH is 1. The summed E-state index contributed by atoms with van der Waals surface area (Å²) in [6.45, 7) is 1.77. The van der Waals surface area contributed by atoms with E-state index < -0.39 is 0 Å². The summed E-state index contributed by atoms with van der Waals surface area (Å²) in [5.74, 6) is 5.81. The fraction of sp³-hybridized carbons (Fsp3) is 0.400. The van der Waals surface area contributed by atoms with Crippen LogP contribution in [0.5, 0.6) is 0 Å². The number of carbonyl (C=O) groups is 1. The first-order valence-electron chi connectivity index (χ1n) is 6.55. The van der Waals surface area contributed by atoms with Crippen molar-refractivity contribution < 1.29 is 9.90 Å².